The summed E-state index contributed by atoms with van der Waals surface area (Å²) in [5.41, 5.74) is 3.12. The molecule has 6 heteroatoms. The van der Waals surface area contributed by atoms with E-state index in [0.717, 1.165) is 29.0 Å². The van der Waals surface area contributed by atoms with Crippen molar-refractivity contribution >= 4 is 5.96 Å². The normalized spacial score (nSPS) is 18.7. The van der Waals surface area contributed by atoms with Crippen molar-refractivity contribution in [1.29, 1.82) is 0 Å². The van der Waals surface area contributed by atoms with Gasteiger partial charge >= 0.3 is 0 Å². The van der Waals surface area contributed by atoms with Crippen molar-refractivity contribution < 1.29 is 9.52 Å². The zero-order chi connectivity index (χ0) is 19.4. The van der Waals surface area contributed by atoms with Gasteiger partial charge in [-0.25, -0.2) is 4.98 Å². The second kappa shape index (κ2) is 7.86. The van der Waals surface area contributed by atoms with Gasteiger partial charge < -0.3 is 20.2 Å². The van der Waals surface area contributed by atoms with Gasteiger partial charge in [-0.15, -0.1) is 0 Å². The summed E-state index contributed by atoms with van der Waals surface area (Å²) in [4.78, 5) is 8.58. The Hall–Kier alpha value is -3.12. The topological polar surface area (TPSA) is 82.7 Å². The fourth-order valence-corrected chi connectivity index (χ4v) is 3.69. The van der Waals surface area contributed by atoms with Gasteiger partial charge in [-0.3, -0.25) is 4.99 Å². The number of nitrogens with zero attached hydrogens (tertiary/aromatic N) is 2. The van der Waals surface area contributed by atoms with Gasteiger partial charge in [0.2, 0.25) is 0 Å². The second-order valence-corrected chi connectivity index (χ2v) is 6.96. The van der Waals surface area contributed by atoms with Gasteiger partial charge in [0, 0.05) is 12.6 Å². The van der Waals surface area contributed by atoms with Crippen LogP contribution in [0.15, 0.2) is 70.4 Å². The molecule has 144 valence electrons. The zero-order valence-electron chi connectivity index (χ0n) is 15.9. The van der Waals surface area contributed by atoms with E-state index in [1.807, 2.05) is 48.5 Å². The Balaban J connectivity index is 1.39. The first-order chi connectivity index (χ1) is 13.7. The van der Waals surface area contributed by atoms with Gasteiger partial charge in [-0.05, 0) is 24.0 Å². The minimum Gasteiger partial charge on any atom is -0.443 e. The molecular formula is C22H24N4O2. The van der Waals surface area contributed by atoms with Crippen LogP contribution in [0.1, 0.15) is 23.2 Å². The van der Waals surface area contributed by atoms with Gasteiger partial charge in [0.25, 0.3) is 0 Å². The molecule has 1 aliphatic rings. The molecule has 6 nitrogen and oxygen atoms in total. The van der Waals surface area contributed by atoms with E-state index in [2.05, 4.69) is 26.7 Å². The number of aryl methyl sites for hydroxylation is 1. The number of nitrogens with one attached hydrogen (secondary N) is 2. The minimum atomic E-state index is -0.878. The first-order valence-electron chi connectivity index (χ1n) is 9.43. The Morgan fingerprint density at radius 2 is 1.93 bits per heavy atom. The van der Waals surface area contributed by atoms with Crippen LogP contribution in [0.4, 0.5) is 0 Å². The van der Waals surface area contributed by atoms with Crippen molar-refractivity contribution in [2.75, 3.05) is 13.6 Å². The molecule has 1 atom stereocenters. The highest BCUT2D eigenvalue weighted by atomic mass is 16.3. The molecule has 0 amide bonds. The molecular weight excluding hydrogens is 352 g/mol. The van der Waals surface area contributed by atoms with Crippen LogP contribution in [0.5, 0.6) is 0 Å². The molecule has 0 fully saturated rings. The highest BCUT2D eigenvalue weighted by molar-refractivity contribution is 5.80. The van der Waals surface area contributed by atoms with Gasteiger partial charge in [-0.2, -0.15) is 0 Å². The Morgan fingerprint density at radius 1 is 1.14 bits per heavy atom. The monoisotopic (exact) mass is 376 g/mol. The maximum Gasteiger partial charge on any atom is 0.191 e. The average molecular weight is 376 g/mol. The van der Waals surface area contributed by atoms with Crippen LogP contribution in [0.3, 0.4) is 0 Å². The summed E-state index contributed by atoms with van der Waals surface area (Å²) < 4.78 is 5.56. The Labute approximate surface area is 164 Å². The molecule has 0 spiro atoms. The molecule has 0 saturated heterocycles. The Kier molecular flexibility index (Phi) is 5.12. The lowest BCUT2D eigenvalue weighted by atomic mass is 9.96. The van der Waals surface area contributed by atoms with Crippen LogP contribution in [-0.2, 0) is 18.6 Å². The van der Waals surface area contributed by atoms with Crippen LogP contribution in [0, 0.1) is 0 Å². The molecule has 1 aromatic heterocycles. The number of hydrogen-bond donors (Lipinski definition) is 3. The first kappa shape index (κ1) is 18.3. The highest BCUT2D eigenvalue weighted by Crippen LogP contribution is 2.36. The Bertz CT molecular complexity index is 967. The molecule has 0 aliphatic heterocycles. The fourth-order valence-electron chi connectivity index (χ4n) is 3.69. The summed E-state index contributed by atoms with van der Waals surface area (Å²) in [5, 5.41) is 17.6. The predicted octanol–water partition coefficient (Wildman–Crippen LogP) is 2.84. The van der Waals surface area contributed by atoms with Gasteiger partial charge in [0.05, 0.1) is 13.1 Å². The number of aromatic nitrogens is 1. The van der Waals surface area contributed by atoms with Crippen LogP contribution in [-0.4, -0.2) is 29.6 Å². The minimum absolute atomic E-state index is 0.397. The van der Waals surface area contributed by atoms with Crippen LogP contribution in [0.25, 0.3) is 11.3 Å². The van der Waals surface area contributed by atoms with E-state index < -0.39 is 5.60 Å². The van der Waals surface area contributed by atoms with Crippen molar-refractivity contribution in [1.82, 2.24) is 15.6 Å². The molecule has 3 N–H and O–H groups in total. The van der Waals surface area contributed by atoms with Gasteiger partial charge in [0.1, 0.15) is 11.3 Å². The summed E-state index contributed by atoms with van der Waals surface area (Å²) in [5.74, 6) is 1.35. The predicted molar refractivity (Wildman–Crippen MR) is 109 cm³/mol. The summed E-state index contributed by atoms with van der Waals surface area (Å²) in [7, 11) is 1.71. The number of fused-ring (bicyclic) bond motifs is 1. The highest BCUT2D eigenvalue weighted by Gasteiger charge is 2.36. The zero-order valence-corrected chi connectivity index (χ0v) is 15.9. The average Bonchev–Trinajstić information content (AvgIpc) is 3.34. The molecule has 1 unspecified atom stereocenters. The third kappa shape index (κ3) is 3.64. The van der Waals surface area contributed by atoms with E-state index in [9.17, 15) is 5.11 Å². The van der Waals surface area contributed by atoms with Crippen molar-refractivity contribution in [3.63, 3.8) is 0 Å². The van der Waals surface area contributed by atoms with Gasteiger partial charge in [-0.1, -0.05) is 54.6 Å². The lowest BCUT2D eigenvalue weighted by Crippen LogP contribution is -2.44. The molecule has 3 aromatic rings. The van der Waals surface area contributed by atoms with Crippen LogP contribution >= 0.6 is 0 Å². The molecule has 1 aliphatic carbocycles. The third-order valence-electron chi connectivity index (χ3n) is 5.20. The van der Waals surface area contributed by atoms with E-state index in [4.69, 9.17) is 4.42 Å². The number of aliphatic hydroxyl groups is 1. The SMILES string of the molecule is CN=C(NCc1ncoc1-c1ccccc1)NCC1(O)CCc2ccccc21. The summed E-state index contributed by atoms with van der Waals surface area (Å²) in [6, 6.07) is 17.9. The molecule has 4 rings (SSSR count). The van der Waals surface area contributed by atoms with Crippen molar-refractivity contribution in [2.45, 2.75) is 25.0 Å². The maximum atomic E-state index is 11.1. The number of oxazole rings is 1. The largest absolute Gasteiger partial charge is 0.443 e. The van der Waals surface area contributed by atoms with Crippen molar-refractivity contribution in [2.24, 2.45) is 4.99 Å². The standard InChI is InChI=1S/C22H24N4O2/c1-23-21(25-14-22(27)12-11-16-7-5-6-10-18(16)22)24-13-19-20(28-15-26-19)17-8-3-2-4-9-17/h2-10,15,27H,11-14H2,1H3,(H2,23,24,25). The summed E-state index contributed by atoms with van der Waals surface area (Å²) in [6.07, 6.45) is 3.05. The molecule has 1 heterocycles. The molecule has 0 radical (unpaired) electrons. The van der Waals surface area contributed by atoms with E-state index >= 15 is 0 Å². The lowest BCUT2D eigenvalue weighted by molar-refractivity contribution is 0.0432. The molecule has 0 bridgehead atoms. The third-order valence-corrected chi connectivity index (χ3v) is 5.20. The Morgan fingerprint density at radius 3 is 2.75 bits per heavy atom. The number of guanidine groups is 1. The van der Waals surface area contributed by atoms with E-state index in [1.54, 1.807) is 7.05 Å². The van der Waals surface area contributed by atoms with Crippen molar-refractivity contribution in [3.8, 4) is 11.3 Å². The summed E-state index contributed by atoms with van der Waals surface area (Å²) >= 11 is 0. The molecule has 0 saturated carbocycles. The van der Waals surface area contributed by atoms with Crippen LogP contribution in [0.2, 0.25) is 0 Å². The van der Waals surface area contributed by atoms with E-state index in [1.165, 1.54) is 12.0 Å². The van der Waals surface area contributed by atoms with E-state index in [-0.39, 0.29) is 0 Å². The number of benzene rings is 2. The number of aliphatic imine (C=N–C) groups is 1. The fraction of sp³-hybridized carbons (Fsp3) is 0.273. The van der Waals surface area contributed by atoms with Crippen LogP contribution < -0.4 is 10.6 Å². The van der Waals surface area contributed by atoms with Gasteiger partial charge in [0.15, 0.2) is 18.1 Å². The molecule has 28 heavy (non-hydrogen) atoms. The maximum absolute atomic E-state index is 11.1. The smallest absolute Gasteiger partial charge is 0.191 e. The first-order valence-corrected chi connectivity index (χ1v) is 9.43. The van der Waals surface area contributed by atoms with E-state index in [0.29, 0.717) is 25.5 Å². The van der Waals surface area contributed by atoms with Crippen molar-refractivity contribution in [3.05, 3.63) is 77.8 Å². The number of hydrogen-bond acceptors (Lipinski definition) is 4. The quantitative estimate of drug-likeness (QED) is 0.471. The lowest BCUT2D eigenvalue weighted by Gasteiger charge is -2.25. The number of rotatable bonds is 5. The summed E-state index contributed by atoms with van der Waals surface area (Å²) in [6.45, 7) is 0.865. The molecule has 2 aromatic carbocycles. The second-order valence-electron chi connectivity index (χ2n) is 6.96.